The van der Waals surface area contributed by atoms with E-state index in [1.165, 1.54) is 16.0 Å². The average molecular weight is 399 g/mol. The summed E-state index contributed by atoms with van der Waals surface area (Å²) < 4.78 is 5.02. The zero-order chi connectivity index (χ0) is 19.9. The molecule has 0 radical (unpaired) electrons. The highest BCUT2D eigenvalue weighted by atomic mass is 32.2. The van der Waals surface area contributed by atoms with Crippen LogP contribution in [-0.4, -0.2) is 54.6 Å². The Hall–Kier alpha value is -2.47. The Morgan fingerprint density at radius 3 is 2.14 bits per heavy atom. The van der Waals surface area contributed by atoms with Crippen LogP contribution in [0.5, 0.6) is 0 Å². The maximum absolute atomic E-state index is 12.7. The molecule has 0 unspecified atom stereocenters. The Labute approximate surface area is 170 Å². The molecular formula is C22H26N2O3S. The van der Waals surface area contributed by atoms with Crippen molar-refractivity contribution in [2.45, 2.75) is 24.5 Å². The molecule has 2 aromatic rings. The lowest BCUT2D eigenvalue weighted by atomic mass is 10.1. The standard InChI is InChI=1S/C22H26N2O3S/c1-3-27-22(26)24-14-12-23(13-15-24)21(25)19-8-6-18(7-9-19)16-28-20-10-4-17(2)5-11-20/h4-11H,3,12-16H2,1-2H3. The Balaban J connectivity index is 1.51. The number of thioether (sulfide) groups is 1. The van der Waals surface area contributed by atoms with Crippen molar-refractivity contribution < 1.29 is 14.3 Å². The van der Waals surface area contributed by atoms with Crippen LogP contribution >= 0.6 is 11.8 Å². The van der Waals surface area contributed by atoms with Gasteiger partial charge in [0.2, 0.25) is 0 Å². The molecule has 1 heterocycles. The van der Waals surface area contributed by atoms with Gasteiger partial charge in [-0.15, -0.1) is 11.8 Å². The molecule has 2 amide bonds. The van der Waals surface area contributed by atoms with Gasteiger partial charge in [0, 0.05) is 42.4 Å². The quantitative estimate of drug-likeness (QED) is 0.708. The molecule has 1 aliphatic heterocycles. The first-order chi connectivity index (χ1) is 13.6. The molecule has 0 saturated carbocycles. The molecule has 0 aromatic heterocycles. The summed E-state index contributed by atoms with van der Waals surface area (Å²) >= 11 is 1.79. The minimum absolute atomic E-state index is 0.0150. The maximum atomic E-state index is 12.7. The number of benzene rings is 2. The topological polar surface area (TPSA) is 49.9 Å². The Bertz CT molecular complexity index is 798. The van der Waals surface area contributed by atoms with Crippen LogP contribution in [0.4, 0.5) is 4.79 Å². The molecule has 0 spiro atoms. The number of ether oxygens (including phenoxy) is 1. The van der Waals surface area contributed by atoms with Gasteiger partial charge in [0.15, 0.2) is 0 Å². The molecule has 0 atom stereocenters. The van der Waals surface area contributed by atoms with Gasteiger partial charge in [0.05, 0.1) is 6.61 Å². The second-order valence-electron chi connectivity index (χ2n) is 6.78. The fourth-order valence-corrected chi connectivity index (χ4v) is 3.89. The van der Waals surface area contributed by atoms with Gasteiger partial charge in [-0.25, -0.2) is 4.79 Å². The summed E-state index contributed by atoms with van der Waals surface area (Å²) in [6, 6.07) is 16.3. The molecule has 5 nitrogen and oxygen atoms in total. The van der Waals surface area contributed by atoms with Crippen LogP contribution in [0.2, 0.25) is 0 Å². The summed E-state index contributed by atoms with van der Waals surface area (Å²) in [5.41, 5.74) is 3.14. The maximum Gasteiger partial charge on any atom is 0.409 e. The molecule has 0 aliphatic carbocycles. The van der Waals surface area contributed by atoms with Gasteiger partial charge in [-0.05, 0) is 43.7 Å². The Morgan fingerprint density at radius 1 is 0.929 bits per heavy atom. The van der Waals surface area contributed by atoms with Crippen molar-refractivity contribution in [3.63, 3.8) is 0 Å². The number of hydrogen-bond donors (Lipinski definition) is 0. The van der Waals surface area contributed by atoms with Crippen molar-refractivity contribution in [3.8, 4) is 0 Å². The van der Waals surface area contributed by atoms with Crippen LogP contribution < -0.4 is 0 Å². The summed E-state index contributed by atoms with van der Waals surface area (Å²) in [6.45, 7) is 6.32. The zero-order valence-corrected chi connectivity index (χ0v) is 17.2. The highest BCUT2D eigenvalue weighted by molar-refractivity contribution is 7.98. The number of nitrogens with zero attached hydrogens (tertiary/aromatic N) is 2. The average Bonchev–Trinajstić information content (AvgIpc) is 2.73. The largest absolute Gasteiger partial charge is 0.450 e. The highest BCUT2D eigenvalue weighted by Crippen LogP contribution is 2.23. The third-order valence-corrected chi connectivity index (χ3v) is 5.80. The normalized spacial score (nSPS) is 14.1. The van der Waals surface area contributed by atoms with E-state index >= 15 is 0 Å². The SMILES string of the molecule is CCOC(=O)N1CCN(C(=O)c2ccc(CSc3ccc(C)cc3)cc2)CC1. The highest BCUT2D eigenvalue weighted by Gasteiger charge is 2.25. The van der Waals surface area contributed by atoms with Gasteiger partial charge in [-0.2, -0.15) is 0 Å². The molecule has 28 heavy (non-hydrogen) atoms. The van der Waals surface area contributed by atoms with E-state index in [4.69, 9.17) is 4.74 Å². The number of piperazine rings is 1. The summed E-state index contributed by atoms with van der Waals surface area (Å²) in [5, 5.41) is 0. The zero-order valence-electron chi connectivity index (χ0n) is 16.4. The van der Waals surface area contributed by atoms with Gasteiger partial charge >= 0.3 is 6.09 Å². The molecule has 2 aromatic carbocycles. The van der Waals surface area contributed by atoms with E-state index in [-0.39, 0.29) is 12.0 Å². The van der Waals surface area contributed by atoms with Crippen molar-refractivity contribution in [3.05, 3.63) is 65.2 Å². The fourth-order valence-electron chi connectivity index (χ4n) is 3.03. The van der Waals surface area contributed by atoms with E-state index in [0.29, 0.717) is 38.3 Å². The van der Waals surface area contributed by atoms with Crippen molar-refractivity contribution in [1.82, 2.24) is 9.80 Å². The van der Waals surface area contributed by atoms with Gasteiger partial charge in [0.25, 0.3) is 5.91 Å². The molecule has 148 valence electrons. The molecule has 0 N–H and O–H groups in total. The van der Waals surface area contributed by atoms with Crippen molar-refractivity contribution >= 4 is 23.8 Å². The van der Waals surface area contributed by atoms with Crippen LogP contribution in [0.3, 0.4) is 0 Å². The summed E-state index contributed by atoms with van der Waals surface area (Å²) in [4.78, 5) is 29.2. The minimum Gasteiger partial charge on any atom is -0.450 e. The van der Waals surface area contributed by atoms with E-state index in [2.05, 4.69) is 31.2 Å². The van der Waals surface area contributed by atoms with Crippen LogP contribution in [0.15, 0.2) is 53.4 Å². The summed E-state index contributed by atoms with van der Waals surface area (Å²) in [5.74, 6) is 0.886. The number of carbonyl (C=O) groups is 2. The molecular weight excluding hydrogens is 372 g/mol. The lowest BCUT2D eigenvalue weighted by Crippen LogP contribution is -2.50. The number of hydrogen-bond acceptors (Lipinski definition) is 4. The van der Waals surface area contributed by atoms with Crippen LogP contribution in [0.25, 0.3) is 0 Å². The lowest BCUT2D eigenvalue weighted by molar-refractivity contribution is 0.0570. The van der Waals surface area contributed by atoms with E-state index in [1.54, 1.807) is 28.5 Å². The van der Waals surface area contributed by atoms with Gasteiger partial charge < -0.3 is 14.5 Å². The second-order valence-corrected chi connectivity index (χ2v) is 7.83. The van der Waals surface area contributed by atoms with Crippen LogP contribution in [-0.2, 0) is 10.5 Å². The fraction of sp³-hybridized carbons (Fsp3) is 0.364. The molecule has 3 rings (SSSR count). The Kier molecular flexibility index (Phi) is 6.98. The van der Waals surface area contributed by atoms with E-state index < -0.39 is 0 Å². The number of carbonyl (C=O) groups excluding carboxylic acids is 2. The van der Waals surface area contributed by atoms with Crippen molar-refractivity contribution in [1.29, 1.82) is 0 Å². The van der Waals surface area contributed by atoms with Gasteiger partial charge in [-0.3, -0.25) is 4.79 Å². The summed E-state index contributed by atoms with van der Waals surface area (Å²) in [7, 11) is 0. The first-order valence-corrected chi connectivity index (χ1v) is 10.5. The van der Waals surface area contributed by atoms with Gasteiger partial charge in [0.1, 0.15) is 0 Å². The first-order valence-electron chi connectivity index (χ1n) is 9.56. The van der Waals surface area contributed by atoms with Crippen LogP contribution in [0.1, 0.15) is 28.4 Å². The molecule has 1 fully saturated rings. The molecule has 0 bridgehead atoms. The monoisotopic (exact) mass is 398 g/mol. The molecule has 1 saturated heterocycles. The van der Waals surface area contributed by atoms with E-state index in [0.717, 1.165) is 5.75 Å². The predicted molar refractivity (Wildman–Crippen MR) is 112 cm³/mol. The van der Waals surface area contributed by atoms with Crippen molar-refractivity contribution in [2.24, 2.45) is 0 Å². The third-order valence-electron chi connectivity index (χ3n) is 4.72. The number of rotatable bonds is 5. The molecule has 1 aliphatic rings. The van der Waals surface area contributed by atoms with E-state index in [9.17, 15) is 9.59 Å². The smallest absolute Gasteiger partial charge is 0.409 e. The second kappa shape index (κ2) is 9.64. The van der Waals surface area contributed by atoms with Crippen molar-refractivity contribution in [2.75, 3.05) is 32.8 Å². The van der Waals surface area contributed by atoms with Crippen LogP contribution in [0, 0.1) is 6.92 Å². The minimum atomic E-state index is -0.301. The number of amides is 2. The first kappa shape index (κ1) is 20.3. The Morgan fingerprint density at radius 2 is 1.54 bits per heavy atom. The van der Waals surface area contributed by atoms with Gasteiger partial charge in [-0.1, -0.05) is 29.8 Å². The third kappa shape index (κ3) is 5.29. The number of aryl methyl sites for hydroxylation is 1. The van der Waals surface area contributed by atoms with E-state index in [1.807, 2.05) is 24.3 Å². The molecule has 6 heteroatoms. The predicted octanol–water partition coefficient (Wildman–Crippen LogP) is 4.20. The lowest BCUT2D eigenvalue weighted by Gasteiger charge is -2.34. The summed E-state index contributed by atoms with van der Waals surface area (Å²) in [6.07, 6.45) is -0.301.